The van der Waals surface area contributed by atoms with Crippen LogP contribution in [0.1, 0.15) is 35.2 Å². The lowest BCUT2D eigenvalue weighted by Crippen LogP contribution is -2.33. The van der Waals surface area contributed by atoms with Crippen molar-refractivity contribution in [1.29, 1.82) is 0 Å². The molecule has 1 fully saturated rings. The van der Waals surface area contributed by atoms with E-state index < -0.39 is 0 Å². The number of carbonyl (C=O) groups excluding carboxylic acids is 1. The molecule has 1 amide bonds. The van der Waals surface area contributed by atoms with E-state index in [1.165, 1.54) is 19.3 Å². The van der Waals surface area contributed by atoms with Crippen molar-refractivity contribution in [2.45, 2.75) is 19.3 Å². The number of amides is 1. The van der Waals surface area contributed by atoms with Crippen molar-refractivity contribution >= 4 is 45.5 Å². The van der Waals surface area contributed by atoms with Gasteiger partial charge in [0.1, 0.15) is 17.5 Å². The van der Waals surface area contributed by atoms with E-state index in [4.69, 9.17) is 27.9 Å². The molecule has 7 heteroatoms. The van der Waals surface area contributed by atoms with Gasteiger partial charge < -0.3 is 10.1 Å². The lowest BCUT2D eigenvalue weighted by atomic mass is 10.0. The van der Waals surface area contributed by atoms with Gasteiger partial charge in [0, 0.05) is 28.9 Å². The fourth-order valence-electron chi connectivity index (χ4n) is 3.84. The molecule has 2 aliphatic rings. The molecule has 2 aromatic carbocycles. The number of benzene rings is 2. The summed E-state index contributed by atoms with van der Waals surface area (Å²) in [6.45, 7) is 4.30. The van der Waals surface area contributed by atoms with E-state index >= 15 is 0 Å². The number of nitrogens with zero attached hydrogens (tertiary/aromatic N) is 2. The fourth-order valence-corrected chi connectivity index (χ4v) is 4.24. The number of likely N-dealkylation sites (tertiary alicyclic amines) is 1. The van der Waals surface area contributed by atoms with Crippen LogP contribution >= 0.6 is 23.2 Å². The number of piperidine rings is 1. The zero-order chi connectivity index (χ0) is 21.6. The van der Waals surface area contributed by atoms with Gasteiger partial charge in [0.15, 0.2) is 0 Å². The molecule has 2 aromatic rings. The van der Waals surface area contributed by atoms with Crippen LogP contribution in [0.25, 0.3) is 5.57 Å². The molecular weight excluding hydrogens is 433 g/mol. The normalized spacial score (nSPS) is 16.9. The highest BCUT2D eigenvalue weighted by molar-refractivity contribution is 6.77. The number of rotatable bonds is 7. The van der Waals surface area contributed by atoms with Gasteiger partial charge in [0.2, 0.25) is 0 Å². The van der Waals surface area contributed by atoms with E-state index in [9.17, 15) is 4.79 Å². The standard InChI is InChI=1S/C24H25Cl2N3O2/c25-22-20(16-27-23(22)26)19-6-2-3-7-21(19)28-24(30)17-8-10-18(11-9-17)31-15-14-29-12-4-1-5-13-29/h2-3,6-11H,1,4-5,12-16H2,(H,28,30). The van der Waals surface area contributed by atoms with Crippen molar-refractivity contribution in [1.82, 2.24) is 4.90 Å². The Bertz CT molecular complexity index is 996. The van der Waals surface area contributed by atoms with Crippen molar-refractivity contribution in [3.05, 3.63) is 64.7 Å². The van der Waals surface area contributed by atoms with Gasteiger partial charge in [0.05, 0.1) is 11.6 Å². The lowest BCUT2D eigenvalue weighted by Gasteiger charge is -2.26. The first-order valence-corrected chi connectivity index (χ1v) is 11.3. The average Bonchev–Trinajstić information content (AvgIpc) is 3.13. The third-order valence-corrected chi connectivity index (χ3v) is 6.38. The molecule has 0 aliphatic carbocycles. The van der Waals surface area contributed by atoms with Gasteiger partial charge in [-0.25, -0.2) is 0 Å². The van der Waals surface area contributed by atoms with Gasteiger partial charge in [0.25, 0.3) is 5.91 Å². The Morgan fingerprint density at radius 1 is 1.03 bits per heavy atom. The molecule has 162 valence electrons. The highest BCUT2D eigenvalue weighted by atomic mass is 35.5. The van der Waals surface area contributed by atoms with E-state index in [0.29, 0.717) is 34.6 Å². The quantitative estimate of drug-likeness (QED) is 0.604. The van der Waals surface area contributed by atoms with Crippen LogP contribution in [0.3, 0.4) is 0 Å². The van der Waals surface area contributed by atoms with Crippen LogP contribution in [0.15, 0.2) is 58.6 Å². The molecular formula is C24H25Cl2N3O2. The average molecular weight is 458 g/mol. The predicted molar refractivity (Wildman–Crippen MR) is 128 cm³/mol. The van der Waals surface area contributed by atoms with Gasteiger partial charge in [-0.05, 0) is 56.3 Å². The second-order valence-electron chi connectivity index (χ2n) is 7.67. The SMILES string of the molecule is O=C(Nc1ccccc1C1=C(Cl)C(Cl)=NC1)c1ccc(OCCN2CCCCC2)cc1. The molecule has 5 nitrogen and oxygen atoms in total. The maximum Gasteiger partial charge on any atom is 0.255 e. The highest BCUT2D eigenvalue weighted by Crippen LogP contribution is 2.33. The summed E-state index contributed by atoms with van der Waals surface area (Å²) >= 11 is 12.3. The molecule has 0 radical (unpaired) electrons. The molecule has 0 unspecified atom stereocenters. The van der Waals surface area contributed by atoms with Crippen molar-refractivity contribution in [3.8, 4) is 5.75 Å². The smallest absolute Gasteiger partial charge is 0.255 e. The summed E-state index contributed by atoms with van der Waals surface area (Å²) in [6.07, 6.45) is 3.88. The number of nitrogens with one attached hydrogen (secondary N) is 1. The highest BCUT2D eigenvalue weighted by Gasteiger charge is 2.20. The molecule has 2 heterocycles. The monoisotopic (exact) mass is 457 g/mol. The third-order valence-electron chi connectivity index (χ3n) is 5.56. The number of aliphatic imine (C=N–C) groups is 1. The van der Waals surface area contributed by atoms with Gasteiger partial charge in [-0.3, -0.25) is 14.7 Å². The molecule has 2 aliphatic heterocycles. The molecule has 0 saturated carbocycles. The Balaban J connectivity index is 1.36. The second kappa shape index (κ2) is 10.3. The first-order chi connectivity index (χ1) is 15.1. The first-order valence-electron chi connectivity index (χ1n) is 10.6. The minimum atomic E-state index is -0.200. The van der Waals surface area contributed by atoms with Gasteiger partial charge in [-0.2, -0.15) is 0 Å². The Morgan fingerprint density at radius 2 is 1.77 bits per heavy atom. The summed E-state index contributed by atoms with van der Waals surface area (Å²) in [4.78, 5) is 19.4. The predicted octanol–water partition coefficient (Wildman–Crippen LogP) is 5.40. The summed E-state index contributed by atoms with van der Waals surface area (Å²) < 4.78 is 5.85. The number of para-hydroxylation sites is 1. The van der Waals surface area contributed by atoms with Crippen molar-refractivity contribution in [3.63, 3.8) is 0 Å². The molecule has 31 heavy (non-hydrogen) atoms. The van der Waals surface area contributed by atoms with Crippen LogP contribution in [0.4, 0.5) is 5.69 Å². The number of carbonyl (C=O) groups is 1. The Morgan fingerprint density at radius 3 is 2.48 bits per heavy atom. The molecule has 1 N–H and O–H groups in total. The third kappa shape index (κ3) is 5.48. The van der Waals surface area contributed by atoms with Crippen LogP contribution in [0, 0.1) is 0 Å². The van der Waals surface area contributed by atoms with Crippen LogP contribution < -0.4 is 10.1 Å². The minimum Gasteiger partial charge on any atom is -0.492 e. The minimum absolute atomic E-state index is 0.200. The fraction of sp³-hybridized carbons (Fsp3) is 0.333. The maximum atomic E-state index is 12.8. The van der Waals surface area contributed by atoms with Crippen molar-refractivity contribution in [2.24, 2.45) is 4.99 Å². The summed E-state index contributed by atoms with van der Waals surface area (Å²) in [6, 6.07) is 14.7. The molecule has 0 bridgehead atoms. The lowest BCUT2D eigenvalue weighted by molar-refractivity contribution is 0.102. The largest absolute Gasteiger partial charge is 0.492 e. The molecule has 4 rings (SSSR count). The number of hydrogen-bond donors (Lipinski definition) is 1. The van der Waals surface area contributed by atoms with Crippen molar-refractivity contribution < 1.29 is 9.53 Å². The zero-order valence-electron chi connectivity index (χ0n) is 17.2. The summed E-state index contributed by atoms with van der Waals surface area (Å²) in [5.41, 5.74) is 2.85. The maximum absolute atomic E-state index is 12.8. The Kier molecular flexibility index (Phi) is 7.28. The number of ether oxygens (including phenoxy) is 1. The van der Waals surface area contributed by atoms with E-state index in [0.717, 1.165) is 36.5 Å². The molecule has 0 aromatic heterocycles. The van der Waals surface area contributed by atoms with Gasteiger partial charge in [-0.15, -0.1) is 0 Å². The number of anilines is 1. The van der Waals surface area contributed by atoms with Crippen LogP contribution in [0.5, 0.6) is 5.75 Å². The second-order valence-corrected chi connectivity index (χ2v) is 8.41. The van der Waals surface area contributed by atoms with Crippen molar-refractivity contribution in [2.75, 3.05) is 38.1 Å². The van der Waals surface area contributed by atoms with E-state index in [1.807, 2.05) is 36.4 Å². The molecule has 0 spiro atoms. The number of hydrogen-bond acceptors (Lipinski definition) is 4. The summed E-state index contributed by atoms with van der Waals surface area (Å²) in [5.74, 6) is 0.567. The zero-order valence-corrected chi connectivity index (χ0v) is 18.8. The first kappa shape index (κ1) is 21.9. The topological polar surface area (TPSA) is 53.9 Å². The van der Waals surface area contributed by atoms with E-state index in [1.54, 1.807) is 12.1 Å². The van der Waals surface area contributed by atoms with Crippen LogP contribution in [-0.2, 0) is 0 Å². The van der Waals surface area contributed by atoms with Gasteiger partial charge >= 0.3 is 0 Å². The van der Waals surface area contributed by atoms with Gasteiger partial charge in [-0.1, -0.05) is 47.8 Å². The number of halogens is 2. The Hall–Kier alpha value is -2.34. The number of allylic oxidation sites excluding steroid dienone is 1. The molecule has 1 saturated heterocycles. The summed E-state index contributed by atoms with van der Waals surface area (Å²) in [5, 5.41) is 3.70. The van der Waals surface area contributed by atoms with E-state index in [-0.39, 0.29) is 5.91 Å². The van der Waals surface area contributed by atoms with E-state index in [2.05, 4.69) is 15.2 Å². The Labute approximate surface area is 192 Å². The molecule has 0 atom stereocenters. The summed E-state index contributed by atoms with van der Waals surface area (Å²) in [7, 11) is 0. The van der Waals surface area contributed by atoms with Crippen LogP contribution in [0.2, 0.25) is 0 Å². The van der Waals surface area contributed by atoms with Crippen LogP contribution in [-0.4, -0.2) is 48.8 Å².